The van der Waals surface area contributed by atoms with Crippen LogP contribution in [0.15, 0.2) is 22.7 Å². The Morgan fingerprint density at radius 1 is 1.45 bits per heavy atom. The lowest BCUT2D eigenvalue weighted by Crippen LogP contribution is -2.33. The third-order valence-electron chi connectivity index (χ3n) is 2.66. The number of nitro benzene ring substituents is 1. The molecule has 1 amide bonds. The maximum atomic E-state index is 12.3. The van der Waals surface area contributed by atoms with Crippen LogP contribution in [0, 0.1) is 10.1 Å². The topological polar surface area (TPSA) is 101 Å². The largest absolute Gasteiger partial charge is 0.481 e. The molecule has 20 heavy (non-hydrogen) atoms. The first kappa shape index (κ1) is 16.1. The molecule has 7 nitrogen and oxygen atoms in total. The van der Waals surface area contributed by atoms with Gasteiger partial charge in [0.2, 0.25) is 0 Å². The van der Waals surface area contributed by atoms with Gasteiger partial charge < -0.3 is 10.0 Å². The summed E-state index contributed by atoms with van der Waals surface area (Å²) in [4.78, 5) is 34.3. The van der Waals surface area contributed by atoms with Gasteiger partial charge in [0.25, 0.3) is 11.6 Å². The zero-order chi connectivity index (χ0) is 15.3. The van der Waals surface area contributed by atoms with Crippen molar-refractivity contribution in [3.63, 3.8) is 0 Å². The van der Waals surface area contributed by atoms with Gasteiger partial charge >= 0.3 is 5.97 Å². The van der Waals surface area contributed by atoms with Gasteiger partial charge in [-0.05, 0) is 28.9 Å². The molecule has 1 rings (SSSR count). The number of nitro groups is 1. The molecular formula is C12H13BrN2O5. The van der Waals surface area contributed by atoms with Crippen molar-refractivity contribution in [3.8, 4) is 0 Å². The summed E-state index contributed by atoms with van der Waals surface area (Å²) in [5.41, 5.74) is -0.0442. The van der Waals surface area contributed by atoms with E-state index < -0.39 is 16.8 Å². The van der Waals surface area contributed by atoms with Crippen molar-refractivity contribution >= 4 is 33.5 Å². The highest BCUT2D eigenvalue weighted by Gasteiger charge is 2.20. The number of hydrogen-bond donors (Lipinski definition) is 1. The first-order valence-electron chi connectivity index (χ1n) is 5.81. The molecule has 0 aliphatic rings. The smallest absolute Gasteiger partial charge is 0.305 e. The second-order valence-corrected chi connectivity index (χ2v) is 4.80. The van der Waals surface area contributed by atoms with Gasteiger partial charge in [0.15, 0.2) is 0 Å². The fourth-order valence-corrected chi connectivity index (χ4v) is 2.01. The first-order valence-corrected chi connectivity index (χ1v) is 6.61. The molecule has 0 aliphatic carbocycles. The number of nitrogens with zero attached hydrogens (tertiary/aromatic N) is 2. The molecule has 0 radical (unpaired) electrons. The Bertz CT molecular complexity index is 547. The normalized spacial score (nSPS) is 10.1. The van der Waals surface area contributed by atoms with Crippen LogP contribution in [0.4, 0.5) is 5.69 Å². The lowest BCUT2D eigenvalue weighted by Gasteiger charge is -2.20. The Hall–Kier alpha value is -1.96. The van der Waals surface area contributed by atoms with E-state index in [9.17, 15) is 19.7 Å². The predicted octanol–water partition coefficient (Wildman–Crippen LogP) is 2.29. The van der Waals surface area contributed by atoms with Gasteiger partial charge in [0.05, 0.1) is 16.9 Å². The van der Waals surface area contributed by atoms with Crippen molar-refractivity contribution in [2.24, 2.45) is 0 Å². The van der Waals surface area contributed by atoms with Crippen LogP contribution in [0.2, 0.25) is 0 Å². The SMILES string of the molecule is CCN(CCC(=O)O)C(=O)c1cc([N+](=O)[O-])ccc1Br. The number of benzene rings is 1. The number of rotatable bonds is 6. The lowest BCUT2D eigenvalue weighted by molar-refractivity contribution is -0.384. The lowest BCUT2D eigenvalue weighted by atomic mass is 10.1. The van der Waals surface area contributed by atoms with Crippen molar-refractivity contribution in [1.29, 1.82) is 0 Å². The van der Waals surface area contributed by atoms with Crippen LogP contribution in [0.1, 0.15) is 23.7 Å². The van der Waals surface area contributed by atoms with Gasteiger partial charge in [-0.3, -0.25) is 19.7 Å². The number of carboxylic acid groups (broad SMARTS) is 1. The summed E-state index contributed by atoms with van der Waals surface area (Å²) in [5.74, 6) is -1.45. The molecule has 0 fully saturated rings. The molecular weight excluding hydrogens is 332 g/mol. The second-order valence-electron chi connectivity index (χ2n) is 3.95. The van der Waals surface area contributed by atoms with E-state index in [0.29, 0.717) is 11.0 Å². The number of aliphatic carboxylic acids is 1. The van der Waals surface area contributed by atoms with Crippen molar-refractivity contribution in [3.05, 3.63) is 38.3 Å². The fourth-order valence-electron chi connectivity index (χ4n) is 1.59. The Kier molecular flexibility index (Phi) is 5.63. The predicted molar refractivity (Wildman–Crippen MR) is 74.6 cm³/mol. The summed E-state index contributed by atoms with van der Waals surface area (Å²) >= 11 is 3.17. The standard InChI is InChI=1S/C12H13BrN2O5/c1-2-14(6-5-11(16)17)12(18)9-7-8(15(19)20)3-4-10(9)13/h3-4,7H,2,5-6H2,1H3,(H,16,17). The first-order chi connectivity index (χ1) is 9.36. The van der Waals surface area contributed by atoms with Gasteiger partial charge in [-0.2, -0.15) is 0 Å². The molecule has 0 bridgehead atoms. The van der Waals surface area contributed by atoms with Gasteiger partial charge in [0.1, 0.15) is 0 Å². The van der Waals surface area contributed by atoms with E-state index >= 15 is 0 Å². The molecule has 0 spiro atoms. The van der Waals surface area contributed by atoms with E-state index in [0.717, 1.165) is 0 Å². The van der Waals surface area contributed by atoms with Gasteiger partial charge in [-0.15, -0.1) is 0 Å². The average molecular weight is 345 g/mol. The molecule has 1 N–H and O–H groups in total. The van der Waals surface area contributed by atoms with Crippen LogP contribution in [0.5, 0.6) is 0 Å². The maximum absolute atomic E-state index is 12.3. The molecule has 0 saturated carbocycles. The fraction of sp³-hybridized carbons (Fsp3) is 0.333. The molecule has 0 aromatic heterocycles. The summed E-state index contributed by atoms with van der Waals surface area (Å²) in [6.45, 7) is 2.09. The Balaban J connectivity index is 3.02. The average Bonchev–Trinajstić information content (AvgIpc) is 2.39. The van der Waals surface area contributed by atoms with Gasteiger partial charge in [-0.25, -0.2) is 0 Å². The van der Waals surface area contributed by atoms with E-state index in [1.807, 2.05) is 0 Å². The van der Waals surface area contributed by atoms with Crippen molar-refractivity contribution < 1.29 is 19.6 Å². The molecule has 1 aromatic rings. The van der Waals surface area contributed by atoms with Crippen LogP contribution in [0.25, 0.3) is 0 Å². The highest BCUT2D eigenvalue weighted by atomic mass is 79.9. The van der Waals surface area contributed by atoms with Crippen LogP contribution < -0.4 is 0 Å². The summed E-state index contributed by atoms with van der Waals surface area (Å²) in [5, 5.41) is 19.4. The van der Waals surface area contributed by atoms with E-state index in [4.69, 9.17) is 5.11 Å². The quantitative estimate of drug-likeness (QED) is 0.630. The van der Waals surface area contributed by atoms with Crippen LogP contribution >= 0.6 is 15.9 Å². The minimum atomic E-state index is -1.01. The molecule has 0 atom stereocenters. The van der Waals surface area contributed by atoms with E-state index in [2.05, 4.69) is 15.9 Å². The highest BCUT2D eigenvalue weighted by molar-refractivity contribution is 9.10. The Morgan fingerprint density at radius 3 is 2.60 bits per heavy atom. The summed E-state index contributed by atoms with van der Waals surface area (Å²) < 4.78 is 0.432. The molecule has 8 heteroatoms. The number of amides is 1. The van der Waals surface area contributed by atoms with Crippen molar-refractivity contribution in [1.82, 2.24) is 4.90 Å². The third kappa shape index (κ3) is 4.02. The van der Waals surface area contributed by atoms with E-state index in [1.54, 1.807) is 6.92 Å². The molecule has 0 saturated heterocycles. The molecule has 0 aliphatic heterocycles. The number of halogens is 1. The number of carbonyl (C=O) groups excluding carboxylic acids is 1. The number of carboxylic acids is 1. The molecule has 108 valence electrons. The summed E-state index contributed by atoms with van der Waals surface area (Å²) in [6, 6.07) is 3.89. The van der Waals surface area contributed by atoms with Crippen LogP contribution in [-0.2, 0) is 4.79 Å². The van der Waals surface area contributed by atoms with Crippen molar-refractivity contribution in [2.45, 2.75) is 13.3 Å². The molecule has 0 unspecified atom stereocenters. The maximum Gasteiger partial charge on any atom is 0.305 e. The van der Waals surface area contributed by atoms with Gasteiger partial charge in [0, 0.05) is 29.7 Å². The monoisotopic (exact) mass is 344 g/mol. The molecule has 0 heterocycles. The minimum Gasteiger partial charge on any atom is -0.481 e. The highest BCUT2D eigenvalue weighted by Crippen LogP contribution is 2.24. The zero-order valence-electron chi connectivity index (χ0n) is 10.7. The minimum absolute atomic E-state index is 0.0554. The zero-order valence-corrected chi connectivity index (χ0v) is 12.3. The third-order valence-corrected chi connectivity index (χ3v) is 3.35. The van der Waals surface area contributed by atoms with Gasteiger partial charge in [-0.1, -0.05) is 0 Å². The van der Waals surface area contributed by atoms with Crippen LogP contribution in [0.3, 0.4) is 0 Å². The number of hydrogen-bond acceptors (Lipinski definition) is 4. The Morgan fingerprint density at radius 2 is 2.10 bits per heavy atom. The molecule has 1 aromatic carbocycles. The summed E-state index contributed by atoms with van der Waals surface area (Å²) in [6.07, 6.45) is -0.174. The van der Waals surface area contributed by atoms with E-state index in [1.165, 1.54) is 23.1 Å². The number of carbonyl (C=O) groups is 2. The summed E-state index contributed by atoms with van der Waals surface area (Å²) in [7, 11) is 0. The van der Waals surface area contributed by atoms with Crippen molar-refractivity contribution in [2.75, 3.05) is 13.1 Å². The second kappa shape index (κ2) is 6.99. The van der Waals surface area contributed by atoms with Crippen LogP contribution in [-0.4, -0.2) is 39.9 Å². The van der Waals surface area contributed by atoms with E-state index in [-0.39, 0.29) is 24.2 Å². The Labute approximate surface area is 123 Å². The number of non-ortho nitro benzene ring substituents is 1.